The predicted molar refractivity (Wildman–Crippen MR) is 142 cm³/mol. The molecule has 0 bridgehead atoms. The number of anilines is 1. The Balaban J connectivity index is 1.71. The summed E-state index contributed by atoms with van der Waals surface area (Å²) in [6.07, 6.45) is 0.119. The average molecular weight is 648 g/mol. The Labute approximate surface area is 227 Å². The minimum Gasteiger partial charge on any atom is -0.431 e. The smallest absolute Gasteiger partial charge is 0.309 e. The highest BCUT2D eigenvalue weighted by atomic mass is 127. The number of oxazole rings is 1. The van der Waals surface area contributed by atoms with Gasteiger partial charge in [0.25, 0.3) is 5.91 Å². The van der Waals surface area contributed by atoms with E-state index in [1.807, 2.05) is 24.3 Å². The second-order valence-electron chi connectivity index (χ2n) is 8.35. The number of aliphatic hydroxyl groups excluding tert-OH is 1. The summed E-state index contributed by atoms with van der Waals surface area (Å²) in [6, 6.07) is 9.38. The highest BCUT2D eigenvalue weighted by molar-refractivity contribution is 14.1. The fourth-order valence-corrected chi connectivity index (χ4v) is 5.15. The number of benzene rings is 2. The molecule has 0 aliphatic rings. The summed E-state index contributed by atoms with van der Waals surface area (Å²) in [6.45, 7) is 2.21. The van der Waals surface area contributed by atoms with Gasteiger partial charge in [0.15, 0.2) is 5.69 Å². The first-order valence-corrected chi connectivity index (χ1v) is 14.1. The zero-order valence-corrected chi connectivity index (χ0v) is 22.9. The number of nitrogens with zero attached hydrogens (tertiary/aromatic N) is 1. The van der Waals surface area contributed by atoms with Gasteiger partial charge in [-0.3, -0.25) is 4.79 Å². The van der Waals surface area contributed by atoms with Gasteiger partial charge in [-0.15, -0.1) is 0 Å². The first-order chi connectivity index (χ1) is 17.5. The van der Waals surface area contributed by atoms with Crippen LogP contribution in [0.5, 0.6) is 0 Å². The van der Waals surface area contributed by atoms with E-state index >= 15 is 0 Å². The number of amides is 1. The number of rotatable bonds is 13. The Morgan fingerprint density at radius 1 is 1.16 bits per heavy atom. The predicted octanol–water partition coefficient (Wildman–Crippen LogP) is 3.20. The molecule has 2 aromatic carbocycles. The molecule has 4 N–H and O–H groups in total. The van der Waals surface area contributed by atoms with Crippen LogP contribution in [-0.4, -0.2) is 48.9 Å². The summed E-state index contributed by atoms with van der Waals surface area (Å²) >= 11 is 2.19. The lowest BCUT2D eigenvalue weighted by molar-refractivity contribution is 0.0825. The summed E-state index contributed by atoms with van der Waals surface area (Å²) in [7, 11) is -3.68. The molecule has 0 radical (unpaired) electrons. The Morgan fingerprint density at radius 3 is 2.57 bits per heavy atom. The summed E-state index contributed by atoms with van der Waals surface area (Å²) < 4.78 is 59.6. The van der Waals surface area contributed by atoms with E-state index < -0.39 is 39.7 Å². The van der Waals surface area contributed by atoms with E-state index in [-0.39, 0.29) is 36.0 Å². The third-order valence-electron chi connectivity index (χ3n) is 5.18. The van der Waals surface area contributed by atoms with Gasteiger partial charge in [0.1, 0.15) is 17.9 Å². The van der Waals surface area contributed by atoms with Crippen molar-refractivity contribution < 1.29 is 31.5 Å². The third kappa shape index (κ3) is 9.32. The first-order valence-electron chi connectivity index (χ1n) is 11.4. The number of carbonyl (C=O) groups is 1. The molecule has 0 aliphatic heterocycles. The molecule has 3 aromatic rings. The van der Waals surface area contributed by atoms with Gasteiger partial charge in [-0.2, -0.15) is 4.98 Å². The van der Waals surface area contributed by atoms with Crippen LogP contribution < -0.4 is 15.4 Å². The summed E-state index contributed by atoms with van der Waals surface area (Å²) in [4.78, 5) is 16.7. The van der Waals surface area contributed by atoms with Gasteiger partial charge in [0.2, 0.25) is 10.0 Å². The van der Waals surface area contributed by atoms with E-state index in [4.69, 9.17) is 4.42 Å². The lowest BCUT2D eigenvalue weighted by atomic mass is 10.0. The SMILES string of the molecule is CCCS(=O)(=O)Nc1nc(C(=O)N[C@@H](Cc2cc(F)cc(F)c2)[C@H](O)CNCc2cccc(I)c2)co1. The molecule has 0 unspecified atom stereocenters. The maximum Gasteiger partial charge on any atom is 0.309 e. The van der Waals surface area contributed by atoms with Crippen LogP contribution in [0.15, 0.2) is 53.1 Å². The van der Waals surface area contributed by atoms with Gasteiger partial charge in [-0.25, -0.2) is 21.9 Å². The molecule has 1 aromatic heterocycles. The van der Waals surface area contributed by atoms with Crippen molar-refractivity contribution in [2.24, 2.45) is 0 Å². The Hall–Kier alpha value is -2.62. The van der Waals surface area contributed by atoms with Crippen LogP contribution in [0.3, 0.4) is 0 Å². The fraction of sp³-hybridized carbons (Fsp3) is 0.333. The van der Waals surface area contributed by atoms with Crippen molar-refractivity contribution in [3.8, 4) is 0 Å². The quantitative estimate of drug-likeness (QED) is 0.209. The highest BCUT2D eigenvalue weighted by Gasteiger charge is 2.25. The maximum absolute atomic E-state index is 13.7. The summed E-state index contributed by atoms with van der Waals surface area (Å²) in [5.41, 5.74) is 0.990. The molecular formula is C24H27F2IN4O5S. The van der Waals surface area contributed by atoms with Gasteiger partial charge in [0, 0.05) is 22.7 Å². The maximum atomic E-state index is 13.7. The Kier molecular flexibility index (Phi) is 10.4. The number of aliphatic hydroxyl groups is 1. The molecule has 0 saturated heterocycles. The normalized spacial score (nSPS) is 13.2. The molecule has 37 heavy (non-hydrogen) atoms. The van der Waals surface area contributed by atoms with Crippen molar-refractivity contribution in [1.82, 2.24) is 15.6 Å². The summed E-state index contributed by atoms with van der Waals surface area (Å²) in [5.74, 6) is -2.48. The van der Waals surface area contributed by atoms with E-state index in [1.165, 1.54) is 0 Å². The zero-order valence-electron chi connectivity index (χ0n) is 19.9. The van der Waals surface area contributed by atoms with E-state index in [2.05, 4.69) is 42.9 Å². The molecular weight excluding hydrogens is 621 g/mol. The largest absolute Gasteiger partial charge is 0.431 e. The van der Waals surface area contributed by atoms with Crippen molar-refractivity contribution in [3.05, 3.63) is 80.8 Å². The number of sulfonamides is 1. The van der Waals surface area contributed by atoms with Crippen molar-refractivity contribution >= 4 is 44.5 Å². The number of carbonyl (C=O) groups excluding carboxylic acids is 1. The zero-order chi connectivity index (χ0) is 27.0. The van der Waals surface area contributed by atoms with Crippen molar-refractivity contribution in [1.29, 1.82) is 0 Å². The molecule has 2 atom stereocenters. The van der Waals surface area contributed by atoms with E-state index in [1.54, 1.807) is 6.92 Å². The molecule has 1 amide bonds. The van der Waals surface area contributed by atoms with Gasteiger partial charge in [-0.05, 0) is 70.8 Å². The monoisotopic (exact) mass is 648 g/mol. The number of hydrogen-bond acceptors (Lipinski definition) is 7. The van der Waals surface area contributed by atoms with Crippen LogP contribution in [0.4, 0.5) is 14.8 Å². The van der Waals surface area contributed by atoms with Crippen LogP contribution in [0.1, 0.15) is 35.0 Å². The topological polar surface area (TPSA) is 134 Å². The number of hydrogen-bond donors (Lipinski definition) is 4. The van der Waals surface area contributed by atoms with E-state index in [0.29, 0.717) is 13.0 Å². The minimum absolute atomic E-state index is 0.0646. The lowest BCUT2D eigenvalue weighted by Crippen LogP contribution is -2.48. The standard InChI is InChI=1S/C24H27F2IN4O5S/c1-2-6-37(34,35)31-24-30-21(14-36-24)23(33)29-20(10-16-7-17(25)11-18(26)8-16)22(32)13-28-12-15-4-3-5-19(27)9-15/h3-5,7-9,11,14,20,22,28,32H,2,6,10,12-13H2,1H3,(H,29,33)(H,30,31)/t20-,22+/m0/s1. The fourth-order valence-electron chi connectivity index (χ4n) is 3.54. The molecule has 3 rings (SSSR count). The van der Waals surface area contributed by atoms with Gasteiger partial charge in [-0.1, -0.05) is 19.1 Å². The van der Waals surface area contributed by atoms with E-state index in [0.717, 1.165) is 33.6 Å². The lowest BCUT2D eigenvalue weighted by Gasteiger charge is -2.24. The molecule has 200 valence electrons. The van der Waals surface area contributed by atoms with Crippen LogP contribution in [-0.2, 0) is 23.0 Å². The second kappa shape index (κ2) is 13.3. The second-order valence-corrected chi connectivity index (χ2v) is 11.4. The van der Waals surface area contributed by atoms with Crippen LogP contribution in [0.2, 0.25) is 0 Å². The minimum atomic E-state index is -3.68. The van der Waals surface area contributed by atoms with Crippen LogP contribution in [0, 0.1) is 15.2 Å². The number of halogens is 3. The van der Waals surface area contributed by atoms with Crippen molar-refractivity contribution in [3.63, 3.8) is 0 Å². The first kappa shape index (κ1) is 28.9. The molecule has 13 heteroatoms. The Bertz CT molecular complexity index is 1300. The van der Waals surface area contributed by atoms with Crippen molar-refractivity contribution in [2.45, 2.75) is 38.5 Å². The van der Waals surface area contributed by atoms with Crippen LogP contribution in [0.25, 0.3) is 0 Å². The molecule has 0 fully saturated rings. The number of aromatic nitrogens is 1. The molecule has 0 saturated carbocycles. The average Bonchev–Trinajstić information content (AvgIpc) is 3.25. The van der Waals surface area contributed by atoms with Gasteiger partial charge >= 0.3 is 6.01 Å². The highest BCUT2D eigenvalue weighted by Crippen LogP contribution is 2.14. The Morgan fingerprint density at radius 2 is 1.89 bits per heavy atom. The molecule has 1 heterocycles. The third-order valence-corrected chi connectivity index (χ3v) is 7.29. The molecule has 9 nitrogen and oxygen atoms in total. The summed E-state index contributed by atoms with van der Waals surface area (Å²) in [5, 5.41) is 16.6. The molecule has 0 aliphatic carbocycles. The molecule has 0 spiro atoms. The van der Waals surface area contributed by atoms with E-state index in [9.17, 15) is 27.1 Å². The number of nitrogens with one attached hydrogen (secondary N) is 3. The van der Waals surface area contributed by atoms with Gasteiger partial charge in [0.05, 0.1) is 17.9 Å². The van der Waals surface area contributed by atoms with Gasteiger partial charge < -0.3 is 20.2 Å². The van der Waals surface area contributed by atoms with Crippen LogP contribution >= 0.6 is 22.6 Å². The van der Waals surface area contributed by atoms with Crippen molar-refractivity contribution in [2.75, 3.05) is 17.0 Å².